The van der Waals surface area contributed by atoms with E-state index >= 15 is 0 Å². The zero-order chi connectivity index (χ0) is 16.6. The van der Waals surface area contributed by atoms with Gasteiger partial charge in [0, 0.05) is 23.8 Å². The topological polar surface area (TPSA) is 49.8 Å². The predicted molar refractivity (Wildman–Crippen MR) is 90.9 cm³/mol. The lowest BCUT2D eigenvalue weighted by Gasteiger charge is -2.46. The van der Waals surface area contributed by atoms with Crippen molar-refractivity contribution in [2.45, 2.75) is 31.1 Å². The molecule has 2 aliphatic carbocycles. The first kappa shape index (κ1) is 16.1. The minimum absolute atomic E-state index is 0.202. The van der Waals surface area contributed by atoms with Gasteiger partial charge < -0.3 is 14.7 Å². The molecular weight excluding hydrogens is 290 g/mol. The number of allylic oxidation sites excluding steroid dienone is 1. The molecule has 4 heteroatoms. The molecule has 0 spiro atoms. The van der Waals surface area contributed by atoms with E-state index < -0.39 is 0 Å². The zero-order valence-electron chi connectivity index (χ0n) is 14.1. The Bertz CT molecular complexity index is 650. The highest BCUT2D eigenvalue weighted by Gasteiger charge is 2.48. The zero-order valence-corrected chi connectivity index (χ0v) is 14.1. The number of rotatable bonds is 4. The summed E-state index contributed by atoms with van der Waals surface area (Å²) in [6.45, 7) is 0.883. The number of methoxy groups -OCH3 is 1. The highest BCUT2D eigenvalue weighted by Crippen LogP contribution is 2.54. The summed E-state index contributed by atoms with van der Waals surface area (Å²) >= 11 is 0. The van der Waals surface area contributed by atoms with E-state index in [1.54, 1.807) is 13.2 Å². The maximum absolute atomic E-state index is 12.3. The Kier molecular flexibility index (Phi) is 4.19. The Morgan fingerprint density at radius 1 is 1.39 bits per heavy atom. The Hall–Kier alpha value is -1.81. The molecule has 2 atom stereocenters. The molecule has 0 radical (unpaired) electrons. The van der Waals surface area contributed by atoms with E-state index in [9.17, 15) is 9.90 Å². The van der Waals surface area contributed by atoms with Crippen LogP contribution in [0.3, 0.4) is 0 Å². The van der Waals surface area contributed by atoms with Crippen LogP contribution >= 0.6 is 0 Å². The molecule has 0 aliphatic heterocycles. The summed E-state index contributed by atoms with van der Waals surface area (Å²) in [7, 11) is 5.65. The van der Waals surface area contributed by atoms with Gasteiger partial charge in [0.1, 0.15) is 5.78 Å². The summed E-state index contributed by atoms with van der Waals surface area (Å²) in [6.07, 6.45) is 7.18. The fourth-order valence-electron chi connectivity index (χ4n) is 4.17. The molecule has 0 heterocycles. The molecule has 23 heavy (non-hydrogen) atoms. The number of phenolic OH excluding ortho intramolecular Hbond substituents is 1. The summed E-state index contributed by atoms with van der Waals surface area (Å²) in [6, 6.07) is 3.78. The van der Waals surface area contributed by atoms with Gasteiger partial charge in [0.25, 0.3) is 0 Å². The molecule has 124 valence electrons. The molecule has 4 nitrogen and oxygen atoms in total. The number of nitrogens with zero attached hydrogens (tertiary/aromatic N) is 1. The van der Waals surface area contributed by atoms with Crippen LogP contribution in [0.4, 0.5) is 0 Å². The highest BCUT2D eigenvalue weighted by atomic mass is 16.5. The minimum atomic E-state index is -0.317. The Morgan fingerprint density at radius 2 is 2.17 bits per heavy atom. The standard InChI is InChI=1S/C19H25NO3/c1-20(2)11-10-19-12-15(21)8-7-14(19)6-4-13-5-9-16(23-3)18(22)17(13)19/h4-6,9,14,22H,7-8,10-12H2,1-3H3/t14-,19+/m1/s1. The van der Waals surface area contributed by atoms with Gasteiger partial charge in [0.15, 0.2) is 11.5 Å². The van der Waals surface area contributed by atoms with Crippen LogP contribution in [-0.2, 0) is 10.2 Å². The first-order valence-electron chi connectivity index (χ1n) is 8.23. The predicted octanol–water partition coefficient (Wildman–Crippen LogP) is 2.99. The second-order valence-electron chi connectivity index (χ2n) is 7.01. The fourth-order valence-corrected chi connectivity index (χ4v) is 4.17. The smallest absolute Gasteiger partial charge is 0.162 e. The number of ketones is 1. The van der Waals surface area contributed by atoms with Gasteiger partial charge in [-0.1, -0.05) is 18.2 Å². The second-order valence-corrected chi connectivity index (χ2v) is 7.01. The number of benzene rings is 1. The number of ether oxygens (including phenoxy) is 1. The SMILES string of the molecule is COc1ccc2c(c1O)[C@@]1(CCN(C)C)CC(=O)CC[C@H]1C=C2. The Labute approximate surface area is 137 Å². The van der Waals surface area contributed by atoms with Crippen LogP contribution in [0, 0.1) is 5.92 Å². The molecule has 0 amide bonds. The van der Waals surface area contributed by atoms with Crippen molar-refractivity contribution in [3.05, 3.63) is 29.3 Å². The molecular formula is C19H25NO3. The van der Waals surface area contributed by atoms with Crippen LogP contribution in [0.1, 0.15) is 36.8 Å². The van der Waals surface area contributed by atoms with Gasteiger partial charge in [0.05, 0.1) is 7.11 Å². The third-order valence-corrected chi connectivity index (χ3v) is 5.36. The molecule has 1 fully saturated rings. The number of Topliss-reactive ketones (excluding diaryl/α,β-unsaturated/α-hetero) is 1. The lowest BCUT2D eigenvalue weighted by molar-refractivity contribution is -0.123. The minimum Gasteiger partial charge on any atom is -0.504 e. The Balaban J connectivity index is 2.16. The summed E-state index contributed by atoms with van der Waals surface area (Å²) in [5.41, 5.74) is 1.59. The van der Waals surface area contributed by atoms with Crippen molar-refractivity contribution < 1.29 is 14.6 Å². The fraction of sp³-hybridized carbons (Fsp3) is 0.526. The second kappa shape index (κ2) is 6.00. The number of hydrogen-bond acceptors (Lipinski definition) is 4. The molecule has 1 aromatic rings. The molecule has 0 aromatic heterocycles. The van der Waals surface area contributed by atoms with Crippen molar-refractivity contribution in [2.75, 3.05) is 27.7 Å². The molecule has 0 saturated heterocycles. The van der Waals surface area contributed by atoms with Crippen LogP contribution < -0.4 is 4.74 Å². The molecule has 1 aromatic carbocycles. The van der Waals surface area contributed by atoms with E-state index in [1.165, 1.54) is 0 Å². The quantitative estimate of drug-likeness (QED) is 0.928. The number of phenols is 1. The van der Waals surface area contributed by atoms with Crippen molar-refractivity contribution >= 4 is 11.9 Å². The first-order valence-corrected chi connectivity index (χ1v) is 8.23. The van der Waals surface area contributed by atoms with E-state index in [0.717, 1.165) is 30.5 Å². The van der Waals surface area contributed by atoms with Gasteiger partial charge in [-0.2, -0.15) is 0 Å². The van der Waals surface area contributed by atoms with Crippen molar-refractivity contribution in [3.8, 4) is 11.5 Å². The number of fused-ring (bicyclic) bond motifs is 3. The highest BCUT2D eigenvalue weighted by molar-refractivity contribution is 5.83. The van der Waals surface area contributed by atoms with Gasteiger partial charge in [-0.15, -0.1) is 0 Å². The average Bonchev–Trinajstić information content (AvgIpc) is 2.52. The average molecular weight is 315 g/mol. The van der Waals surface area contributed by atoms with Crippen LogP contribution in [0.2, 0.25) is 0 Å². The van der Waals surface area contributed by atoms with Gasteiger partial charge in [-0.25, -0.2) is 0 Å². The maximum Gasteiger partial charge on any atom is 0.162 e. The van der Waals surface area contributed by atoms with Gasteiger partial charge in [-0.05, 0) is 51.0 Å². The number of carbonyl (C=O) groups is 1. The van der Waals surface area contributed by atoms with Crippen LogP contribution in [0.5, 0.6) is 11.5 Å². The van der Waals surface area contributed by atoms with E-state index in [4.69, 9.17) is 4.74 Å². The summed E-state index contributed by atoms with van der Waals surface area (Å²) in [4.78, 5) is 14.4. The molecule has 1 saturated carbocycles. The molecule has 2 aliphatic rings. The van der Waals surface area contributed by atoms with Gasteiger partial charge in [-0.3, -0.25) is 4.79 Å². The van der Waals surface area contributed by atoms with E-state index in [2.05, 4.69) is 17.1 Å². The summed E-state index contributed by atoms with van der Waals surface area (Å²) in [5, 5.41) is 10.8. The molecule has 0 bridgehead atoms. The van der Waals surface area contributed by atoms with Crippen LogP contribution in [0.25, 0.3) is 6.08 Å². The Morgan fingerprint density at radius 3 is 2.87 bits per heavy atom. The van der Waals surface area contributed by atoms with Crippen molar-refractivity contribution in [3.63, 3.8) is 0 Å². The maximum atomic E-state index is 12.3. The summed E-state index contributed by atoms with van der Waals surface area (Å²) < 4.78 is 5.32. The third kappa shape index (κ3) is 2.65. The van der Waals surface area contributed by atoms with Crippen molar-refractivity contribution in [1.82, 2.24) is 4.90 Å². The molecule has 0 unspecified atom stereocenters. The monoisotopic (exact) mass is 315 g/mol. The number of carbonyl (C=O) groups excluding carboxylic acids is 1. The van der Waals surface area contributed by atoms with Gasteiger partial charge >= 0.3 is 0 Å². The first-order chi connectivity index (χ1) is 11.0. The third-order valence-electron chi connectivity index (χ3n) is 5.36. The lowest BCUT2D eigenvalue weighted by Crippen LogP contribution is -2.44. The number of aromatic hydroxyl groups is 1. The normalized spacial score (nSPS) is 26.1. The summed E-state index contributed by atoms with van der Waals surface area (Å²) in [5.74, 6) is 1.28. The van der Waals surface area contributed by atoms with E-state index in [1.807, 2.05) is 20.2 Å². The largest absolute Gasteiger partial charge is 0.504 e. The molecule has 3 rings (SSSR count). The van der Waals surface area contributed by atoms with E-state index in [0.29, 0.717) is 30.3 Å². The molecule has 1 N–H and O–H groups in total. The van der Waals surface area contributed by atoms with Crippen LogP contribution in [0.15, 0.2) is 18.2 Å². The van der Waals surface area contributed by atoms with E-state index in [-0.39, 0.29) is 11.2 Å². The van der Waals surface area contributed by atoms with Crippen molar-refractivity contribution in [2.24, 2.45) is 5.92 Å². The van der Waals surface area contributed by atoms with Crippen molar-refractivity contribution in [1.29, 1.82) is 0 Å². The van der Waals surface area contributed by atoms with Crippen LogP contribution in [-0.4, -0.2) is 43.5 Å². The van der Waals surface area contributed by atoms with Gasteiger partial charge in [0.2, 0.25) is 0 Å². The lowest BCUT2D eigenvalue weighted by atomic mass is 9.57. The number of hydrogen-bond donors (Lipinski definition) is 1.